The zero-order chi connectivity index (χ0) is 18.1. The Morgan fingerprint density at radius 2 is 2.08 bits per heavy atom. The molecule has 0 unspecified atom stereocenters. The van der Waals surface area contributed by atoms with Gasteiger partial charge in [-0.3, -0.25) is 4.79 Å². The topological polar surface area (TPSA) is 85.4 Å². The van der Waals surface area contributed by atoms with Crippen molar-refractivity contribution in [2.45, 2.75) is 20.4 Å². The van der Waals surface area contributed by atoms with E-state index in [0.29, 0.717) is 18.1 Å². The molecular weight excluding hydrogens is 352 g/mol. The highest BCUT2D eigenvalue weighted by atomic mass is 32.1. The Bertz CT molecular complexity index is 986. The predicted octanol–water partition coefficient (Wildman–Crippen LogP) is 2.77. The van der Waals surface area contributed by atoms with Crippen LogP contribution in [-0.4, -0.2) is 29.2 Å². The minimum absolute atomic E-state index is 0.112. The summed E-state index contributed by atoms with van der Waals surface area (Å²) in [6.07, 6.45) is 1.52. The Labute approximate surface area is 154 Å². The van der Waals surface area contributed by atoms with Gasteiger partial charge in [0.25, 0.3) is 0 Å². The second-order valence-corrected chi connectivity index (χ2v) is 7.21. The van der Waals surface area contributed by atoms with Crippen LogP contribution in [0.4, 0.5) is 5.82 Å². The molecule has 4 rings (SSSR count). The van der Waals surface area contributed by atoms with Crippen molar-refractivity contribution in [1.82, 2.24) is 15.3 Å². The molecule has 8 heteroatoms. The number of thiophene rings is 1. The van der Waals surface area contributed by atoms with Gasteiger partial charge in [0.2, 0.25) is 12.7 Å². The van der Waals surface area contributed by atoms with Crippen LogP contribution in [0.1, 0.15) is 16.0 Å². The van der Waals surface area contributed by atoms with Crippen molar-refractivity contribution in [3.63, 3.8) is 0 Å². The highest BCUT2D eigenvalue weighted by Crippen LogP contribution is 2.33. The summed E-state index contributed by atoms with van der Waals surface area (Å²) in [4.78, 5) is 22.9. The molecule has 0 aliphatic carbocycles. The van der Waals surface area contributed by atoms with Crippen LogP contribution in [0.15, 0.2) is 24.5 Å². The third-order valence-electron chi connectivity index (χ3n) is 4.31. The van der Waals surface area contributed by atoms with Crippen LogP contribution < -0.4 is 20.1 Å². The van der Waals surface area contributed by atoms with E-state index in [2.05, 4.69) is 27.5 Å². The molecule has 0 radical (unpaired) electrons. The number of nitrogens with zero attached hydrogens (tertiary/aromatic N) is 2. The monoisotopic (exact) mass is 370 g/mol. The molecule has 3 aromatic rings. The highest BCUT2D eigenvalue weighted by Gasteiger charge is 2.14. The lowest BCUT2D eigenvalue weighted by molar-refractivity contribution is -0.119. The van der Waals surface area contributed by atoms with Crippen LogP contribution in [0.5, 0.6) is 11.5 Å². The molecular formula is C18H18N4O3S. The van der Waals surface area contributed by atoms with Crippen molar-refractivity contribution in [2.24, 2.45) is 0 Å². The van der Waals surface area contributed by atoms with Gasteiger partial charge in [0.15, 0.2) is 11.5 Å². The van der Waals surface area contributed by atoms with Crippen LogP contribution in [0.2, 0.25) is 0 Å². The van der Waals surface area contributed by atoms with Crippen LogP contribution >= 0.6 is 11.3 Å². The number of amides is 1. The predicted molar refractivity (Wildman–Crippen MR) is 99.8 cm³/mol. The van der Waals surface area contributed by atoms with Gasteiger partial charge in [-0.05, 0) is 37.1 Å². The first-order valence-electron chi connectivity index (χ1n) is 8.21. The van der Waals surface area contributed by atoms with Crippen LogP contribution in [-0.2, 0) is 11.3 Å². The zero-order valence-corrected chi connectivity index (χ0v) is 15.3. The zero-order valence-electron chi connectivity index (χ0n) is 14.5. The number of carbonyl (C=O) groups is 1. The lowest BCUT2D eigenvalue weighted by Crippen LogP contribution is -2.29. The first kappa shape index (κ1) is 16.6. The quantitative estimate of drug-likeness (QED) is 0.718. The van der Waals surface area contributed by atoms with E-state index in [-0.39, 0.29) is 19.2 Å². The standard InChI is InChI=1S/C18H18N4O3S/c1-10-11(2)26-18-16(10)17(21-8-22-18)20-7-15(23)19-6-12-3-4-13-14(5-12)25-9-24-13/h3-5,8H,6-7,9H2,1-2H3,(H,19,23)(H,20,21,22). The number of anilines is 1. The second kappa shape index (κ2) is 6.80. The van der Waals surface area contributed by atoms with E-state index < -0.39 is 0 Å². The smallest absolute Gasteiger partial charge is 0.239 e. The summed E-state index contributed by atoms with van der Waals surface area (Å²) in [6, 6.07) is 5.63. The van der Waals surface area contributed by atoms with Crippen LogP contribution in [0.3, 0.4) is 0 Å². The highest BCUT2D eigenvalue weighted by molar-refractivity contribution is 7.18. The average molecular weight is 370 g/mol. The number of fused-ring (bicyclic) bond motifs is 2. The van der Waals surface area contributed by atoms with Crippen LogP contribution in [0, 0.1) is 13.8 Å². The molecule has 0 bridgehead atoms. The van der Waals surface area contributed by atoms with Gasteiger partial charge < -0.3 is 20.1 Å². The fourth-order valence-electron chi connectivity index (χ4n) is 2.79. The van der Waals surface area contributed by atoms with Gasteiger partial charge in [-0.25, -0.2) is 9.97 Å². The van der Waals surface area contributed by atoms with Gasteiger partial charge in [0.1, 0.15) is 17.0 Å². The van der Waals surface area contributed by atoms with Gasteiger partial charge in [-0.1, -0.05) is 6.07 Å². The molecule has 7 nitrogen and oxygen atoms in total. The number of ether oxygens (including phenoxy) is 2. The summed E-state index contributed by atoms with van der Waals surface area (Å²) in [7, 11) is 0. The fourth-order valence-corrected chi connectivity index (χ4v) is 3.79. The molecule has 1 aliphatic rings. The molecule has 1 aromatic carbocycles. The van der Waals surface area contributed by atoms with Gasteiger partial charge in [-0.2, -0.15) is 0 Å². The van der Waals surface area contributed by atoms with E-state index in [1.165, 1.54) is 11.2 Å². The van der Waals surface area contributed by atoms with Gasteiger partial charge in [0.05, 0.1) is 11.9 Å². The van der Waals surface area contributed by atoms with Gasteiger partial charge in [-0.15, -0.1) is 11.3 Å². The van der Waals surface area contributed by atoms with Crippen molar-refractivity contribution in [3.05, 3.63) is 40.5 Å². The number of aromatic nitrogens is 2. The van der Waals surface area contributed by atoms with Gasteiger partial charge >= 0.3 is 0 Å². The molecule has 0 atom stereocenters. The maximum absolute atomic E-state index is 12.2. The first-order chi connectivity index (χ1) is 12.6. The van der Waals surface area contributed by atoms with Crippen molar-refractivity contribution in [3.8, 4) is 11.5 Å². The summed E-state index contributed by atoms with van der Waals surface area (Å²) in [5.74, 6) is 2.02. The maximum Gasteiger partial charge on any atom is 0.239 e. The van der Waals surface area contributed by atoms with E-state index in [4.69, 9.17) is 9.47 Å². The number of rotatable bonds is 5. The second-order valence-electron chi connectivity index (χ2n) is 6.00. The summed E-state index contributed by atoms with van der Waals surface area (Å²) in [6.45, 7) is 4.91. The minimum atomic E-state index is -0.112. The number of carbonyl (C=O) groups excluding carboxylic acids is 1. The first-order valence-corrected chi connectivity index (χ1v) is 9.03. The minimum Gasteiger partial charge on any atom is -0.454 e. The van der Waals surface area contributed by atoms with Crippen molar-refractivity contribution < 1.29 is 14.3 Å². The molecule has 2 N–H and O–H groups in total. The van der Waals surface area contributed by atoms with Gasteiger partial charge in [0, 0.05) is 11.4 Å². The summed E-state index contributed by atoms with van der Waals surface area (Å²) < 4.78 is 10.6. The molecule has 2 aromatic heterocycles. The summed E-state index contributed by atoms with van der Waals surface area (Å²) in [5, 5.41) is 6.99. The van der Waals surface area contributed by atoms with E-state index in [1.54, 1.807) is 11.3 Å². The summed E-state index contributed by atoms with van der Waals surface area (Å²) >= 11 is 1.63. The molecule has 0 fully saturated rings. The largest absolute Gasteiger partial charge is 0.454 e. The van der Waals surface area contributed by atoms with E-state index in [0.717, 1.165) is 27.1 Å². The normalized spacial score (nSPS) is 12.4. The molecule has 0 saturated heterocycles. The van der Waals surface area contributed by atoms with Crippen molar-refractivity contribution in [1.29, 1.82) is 0 Å². The van der Waals surface area contributed by atoms with Crippen molar-refractivity contribution in [2.75, 3.05) is 18.7 Å². The molecule has 3 heterocycles. The molecule has 26 heavy (non-hydrogen) atoms. The molecule has 0 spiro atoms. The lowest BCUT2D eigenvalue weighted by atomic mass is 10.2. The number of hydrogen-bond donors (Lipinski definition) is 2. The molecule has 1 aliphatic heterocycles. The Morgan fingerprint density at radius 3 is 2.96 bits per heavy atom. The van der Waals surface area contributed by atoms with Crippen molar-refractivity contribution >= 4 is 33.3 Å². The Hall–Kier alpha value is -2.87. The fraction of sp³-hybridized carbons (Fsp3) is 0.278. The number of aryl methyl sites for hydroxylation is 2. The average Bonchev–Trinajstić information content (AvgIpc) is 3.22. The SMILES string of the molecule is Cc1sc2ncnc(NCC(=O)NCc3ccc4c(c3)OCO4)c2c1C. The van der Waals surface area contributed by atoms with Crippen LogP contribution in [0.25, 0.3) is 10.2 Å². The van der Waals surface area contributed by atoms with E-state index in [9.17, 15) is 4.79 Å². The molecule has 0 saturated carbocycles. The number of hydrogen-bond acceptors (Lipinski definition) is 7. The lowest BCUT2D eigenvalue weighted by Gasteiger charge is -2.09. The Kier molecular flexibility index (Phi) is 4.34. The number of benzene rings is 1. The third kappa shape index (κ3) is 3.15. The molecule has 134 valence electrons. The Morgan fingerprint density at radius 1 is 1.23 bits per heavy atom. The maximum atomic E-state index is 12.2. The molecule has 1 amide bonds. The Balaban J connectivity index is 1.37. The van der Waals surface area contributed by atoms with E-state index in [1.807, 2.05) is 25.1 Å². The summed E-state index contributed by atoms with van der Waals surface area (Å²) in [5.41, 5.74) is 2.10. The third-order valence-corrected chi connectivity index (χ3v) is 5.42. The number of nitrogens with one attached hydrogen (secondary N) is 2. The van der Waals surface area contributed by atoms with E-state index >= 15 is 0 Å².